The van der Waals surface area contributed by atoms with E-state index in [2.05, 4.69) is 10.3 Å². The van der Waals surface area contributed by atoms with Gasteiger partial charge in [0.15, 0.2) is 0 Å². The van der Waals surface area contributed by atoms with Gasteiger partial charge in [0.05, 0.1) is 7.11 Å². The largest absolute Gasteiger partial charge is 0.480 e. The maximum absolute atomic E-state index is 12.0. The van der Waals surface area contributed by atoms with Crippen LogP contribution >= 0.6 is 0 Å². The molecule has 0 bridgehead atoms. The Bertz CT molecular complexity index is 565. The van der Waals surface area contributed by atoms with Crippen LogP contribution in [-0.2, 0) is 6.54 Å². The molecule has 1 heterocycles. The first-order chi connectivity index (χ1) is 9.20. The van der Waals surface area contributed by atoms with E-state index in [0.29, 0.717) is 18.0 Å². The van der Waals surface area contributed by atoms with Crippen molar-refractivity contribution >= 4 is 5.91 Å². The highest BCUT2D eigenvalue weighted by Gasteiger charge is 2.11. The number of methoxy groups -OCH3 is 1. The number of rotatable bonds is 4. The molecular formula is C15H16N2O2. The van der Waals surface area contributed by atoms with Gasteiger partial charge >= 0.3 is 0 Å². The lowest BCUT2D eigenvalue weighted by atomic mass is 10.1. The Hall–Kier alpha value is -2.36. The third-order valence-corrected chi connectivity index (χ3v) is 2.78. The molecule has 2 aromatic rings. The molecule has 0 atom stereocenters. The molecule has 0 aliphatic rings. The number of benzene rings is 1. The molecule has 0 radical (unpaired) electrons. The van der Waals surface area contributed by atoms with Gasteiger partial charge < -0.3 is 10.1 Å². The van der Waals surface area contributed by atoms with Gasteiger partial charge in [0.25, 0.3) is 5.91 Å². The van der Waals surface area contributed by atoms with E-state index in [4.69, 9.17) is 4.74 Å². The Morgan fingerprint density at radius 1 is 1.26 bits per heavy atom. The van der Waals surface area contributed by atoms with Crippen molar-refractivity contribution in [3.8, 4) is 5.88 Å². The minimum absolute atomic E-state index is 0.189. The fourth-order valence-corrected chi connectivity index (χ4v) is 1.71. The Morgan fingerprint density at radius 2 is 2.00 bits per heavy atom. The first kappa shape index (κ1) is 13.1. The fourth-order valence-electron chi connectivity index (χ4n) is 1.71. The van der Waals surface area contributed by atoms with E-state index in [9.17, 15) is 4.79 Å². The molecule has 0 saturated heterocycles. The molecule has 1 aromatic heterocycles. The number of carbonyl (C=O) groups excluding carboxylic acids is 1. The lowest BCUT2D eigenvalue weighted by molar-refractivity contribution is 0.0947. The quantitative estimate of drug-likeness (QED) is 0.913. The van der Waals surface area contributed by atoms with Gasteiger partial charge in [-0.1, -0.05) is 29.8 Å². The van der Waals surface area contributed by atoms with E-state index in [-0.39, 0.29) is 5.91 Å². The predicted octanol–water partition coefficient (Wildman–Crippen LogP) is 2.33. The summed E-state index contributed by atoms with van der Waals surface area (Å²) in [5.74, 6) is 0.148. The molecule has 0 aliphatic heterocycles. The number of aromatic nitrogens is 1. The molecule has 98 valence electrons. The summed E-state index contributed by atoms with van der Waals surface area (Å²) in [7, 11) is 1.50. The number of ether oxygens (including phenoxy) is 1. The van der Waals surface area contributed by atoms with Crippen LogP contribution in [0.15, 0.2) is 42.6 Å². The normalized spacial score (nSPS) is 10.0. The van der Waals surface area contributed by atoms with E-state index < -0.39 is 0 Å². The van der Waals surface area contributed by atoms with Gasteiger partial charge in [-0.15, -0.1) is 0 Å². The van der Waals surface area contributed by atoms with Crippen LogP contribution in [-0.4, -0.2) is 18.0 Å². The molecule has 0 spiro atoms. The molecule has 2 rings (SSSR count). The first-order valence-electron chi connectivity index (χ1n) is 6.03. The van der Waals surface area contributed by atoms with Crippen LogP contribution in [0.1, 0.15) is 21.5 Å². The van der Waals surface area contributed by atoms with Gasteiger partial charge in [-0.25, -0.2) is 4.98 Å². The molecule has 1 aromatic carbocycles. The minimum atomic E-state index is -0.189. The first-order valence-corrected chi connectivity index (χ1v) is 6.03. The average molecular weight is 256 g/mol. The zero-order valence-electron chi connectivity index (χ0n) is 11.0. The van der Waals surface area contributed by atoms with E-state index in [1.807, 2.05) is 31.2 Å². The smallest absolute Gasteiger partial charge is 0.257 e. The summed E-state index contributed by atoms with van der Waals surface area (Å²) in [6.07, 6.45) is 1.59. The zero-order chi connectivity index (χ0) is 13.7. The summed E-state index contributed by atoms with van der Waals surface area (Å²) in [6.45, 7) is 2.51. The van der Waals surface area contributed by atoms with Crippen LogP contribution in [0.2, 0.25) is 0 Å². The Labute approximate surface area is 112 Å². The highest BCUT2D eigenvalue weighted by molar-refractivity contribution is 5.96. The van der Waals surface area contributed by atoms with Crippen LogP contribution in [0.3, 0.4) is 0 Å². The summed E-state index contributed by atoms with van der Waals surface area (Å²) < 4.78 is 5.06. The van der Waals surface area contributed by atoms with Crippen molar-refractivity contribution in [2.45, 2.75) is 13.5 Å². The number of nitrogens with zero attached hydrogens (tertiary/aromatic N) is 1. The molecule has 0 saturated carbocycles. The Morgan fingerprint density at radius 3 is 2.68 bits per heavy atom. The lowest BCUT2D eigenvalue weighted by Crippen LogP contribution is -2.23. The fraction of sp³-hybridized carbons (Fsp3) is 0.200. The van der Waals surface area contributed by atoms with E-state index in [0.717, 1.165) is 5.56 Å². The van der Waals surface area contributed by atoms with Gasteiger partial charge in [-0.05, 0) is 24.6 Å². The average Bonchev–Trinajstić information content (AvgIpc) is 2.46. The molecule has 1 N–H and O–H groups in total. The zero-order valence-corrected chi connectivity index (χ0v) is 11.0. The number of hydrogen-bond donors (Lipinski definition) is 1. The molecule has 4 heteroatoms. The lowest BCUT2D eigenvalue weighted by Gasteiger charge is -2.08. The van der Waals surface area contributed by atoms with Crippen molar-refractivity contribution in [2.75, 3.05) is 7.11 Å². The monoisotopic (exact) mass is 256 g/mol. The van der Waals surface area contributed by atoms with Crippen molar-refractivity contribution in [2.24, 2.45) is 0 Å². The van der Waals surface area contributed by atoms with E-state index >= 15 is 0 Å². The second-order valence-corrected chi connectivity index (χ2v) is 4.23. The maximum atomic E-state index is 12.0. The van der Waals surface area contributed by atoms with Gasteiger partial charge in [0.2, 0.25) is 5.88 Å². The van der Waals surface area contributed by atoms with Gasteiger partial charge in [0.1, 0.15) is 5.56 Å². The third-order valence-electron chi connectivity index (χ3n) is 2.78. The topological polar surface area (TPSA) is 51.2 Å². The number of nitrogens with one attached hydrogen (secondary N) is 1. The second kappa shape index (κ2) is 6.00. The van der Waals surface area contributed by atoms with Crippen molar-refractivity contribution in [1.29, 1.82) is 0 Å². The molecule has 1 amide bonds. The van der Waals surface area contributed by atoms with Crippen LogP contribution in [0.4, 0.5) is 0 Å². The third kappa shape index (κ3) is 3.31. The molecule has 0 aliphatic carbocycles. The standard InChI is InChI=1S/C15H16N2O2/c1-11-5-7-12(8-6-11)10-17-14(18)13-4-3-9-16-15(13)19-2/h3-9H,10H2,1-2H3,(H,17,18). The summed E-state index contributed by atoms with van der Waals surface area (Å²) in [6, 6.07) is 11.4. The number of amides is 1. The van der Waals surface area contributed by atoms with Crippen LogP contribution < -0.4 is 10.1 Å². The molecule has 0 fully saturated rings. The molecule has 0 unspecified atom stereocenters. The number of pyridine rings is 1. The van der Waals surface area contributed by atoms with Crippen molar-refractivity contribution < 1.29 is 9.53 Å². The summed E-state index contributed by atoms with van der Waals surface area (Å²) >= 11 is 0. The van der Waals surface area contributed by atoms with Crippen molar-refractivity contribution in [3.63, 3.8) is 0 Å². The molecular weight excluding hydrogens is 240 g/mol. The van der Waals surface area contributed by atoms with Gasteiger partial charge in [-0.2, -0.15) is 0 Å². The Kier molecular flexibility index (Phi) is 4.13. The number of hydrogen-bond acceptors (Lipinski definition) is 3. The van der Waals surface area contributed by atoms with Crippen LogP contribution in [0.5, 0.6) is 5.88 Å². The second-order valence-electron chi connectivity index (χ2n) is 4.23. The van der Waals surface area contributed by atoms with Gasteiger partial charge in [0, 0.05) is 12.7 Å². The van der Waals surface area contributed by atoms with E-state index in [1.54, 1.807) is 18.3 Å². The maximum Gasteiger partial charge on any atom is 0.257 e. The highest BCUT2D eigenvalue weighted by Crippen LogP contribution is 2.13. The van der Waals surface area contributed by atoms with E-state index in [1.165, 1.54) is 12.7 Å². The highest BCUT2D eigenvalue weighted by atomic mass is 16.5. The Balaban J connectivity index is 2.03. The summed E-state index contributed by atoms with van der Waals surface area (Å²) in [5.41, 5.74) is 2.70. The molecule has 4 nitrogen and oxygen atoms in total. The summed E-state index contributed by atoms with van der Waals surface area (Å²) in [5, 5.41) is 2.85. The van der Waals surface area contributed by atoms with Gasteiger partial charge in [-0.3, -0.25) is 4.79 Å². The number of aryl methyl sites for hydroxylation is 1. The van der Waals surface area contributed by atoms with Crippen LogP contribution in [0, 0.1) is 6.92 Å². The SMILES string of the molecule is COc1ncccc1C(=O)NCc1ccc(C)cc1. The van der Waals surface area contributed by atoms with Crippen molar-refractivity contribution in [3.05, 3.63) is 59.3 Å². The van der Waals surface area contributed by atoms with Crippen LogP contribution in [0.25, 0.3) is 0 Å². The molecule has 19 heavy (non-hydrogen) atoms. The number of carbonyl (C=O) groups is 1. The van der Waals surface area contributed by atoms with Crippen molar-refractivity contribution in [1.82, 2.24) is 10.3 Å². The minimum Gasteiger partial charge on any atom is -0.480 e. The summed E-state index contributed by atoms with van der Waals surface area (Å²) in [4.78, 5) is 16.0. The predicted molar refractivity (Wildman–Crippen MR) is 73.1 cm³/mol.